The van der Waals surface area contributed by atoms with Crippen LogP contribution in [0.5, 0.6) is 0 Å². The van der Waals surface area contributed by atoms with Crippen molar-refractivity contribution in [3.63, 3.8) is 0 Å². The molecule has 0 aliphatic rings. The summed E-state index contributed by atoms with van der Waals surface area (Å²) in [5, 5.41) is 0. The molecule has 0 aromatic carbocycles. The first kappa shape index (κ1) is 13.4. The lowest BCUT2D eigenvalue weighted by Crippen LogP contribution is -2.36. The van der Waals surface area contributed by atoms with Crippen LogP contribution in [0.2, 0.25) is 0 Å². The lowest BCUT2D eigenvalue weighted by Gasteiger charge is -2.31. The maximum atomic E-state index is 4.07. The van der Waals surface area contributed by atoms with Crippen molar-refractivity contribution in [2.45, 2.75) is 46.1 Å². The summed E-state index contributed by atoms with van der Waals surface area (Å²) in [7, 11) is 0. The van der Waals surface area contributed by atoms with Crippen molar-refractivity contribution in [1.29, 1.82) is 0 Å². The molecule has 0 amide bonds. The molecule has 82 valence electrons. The molecular weight excluding hydrogens is 170 g/mol. The van der Waals surface area contributed by atoms with Crippen LogP contribution >= 0.6 is 0 Å². The molecule has 0 N–H and O–H groups in total. The van der Waals surface area contributed by atoms with Gasteiger partial charge in [-0.2, -0.15) is 0 Å². The Morgan fingerprint density at radius 1 is 1.29 bits per heavy atom. The second kappa shape index (κ2) is 7.81. The summed E-state index contributed by atoms with van der Waals surface area (Å²) in [6.45, 7) is 16.8. The van der Waals surface area contributed by atoms with E-state index in [0.717, 1.165) is 6.42 Å². The van der Waals surface area contributed by atoms with Crippen LogP contribution in [-0.4, -0.2) is 24.0 Å². The Morgan fingerprint density at radius 3 is 2.07 bits per heavy atom. The number of rotatable bonds is 8. The molecule has 1 heteroatoms. The quantitative estimate of drug-likeness (QED) is 0.535. The van der Waals surface area contributed by atoms with Gasteiger partial charge >= 0.3 is 0 Å². The van der Waals surface area contributed by atoms with Crippen molar-refractivity contribution in [2.75, 3.05) is 13.1 Å². The number of nitrogens with zero attached hydrogens (tertiary/aromatic N) is 1. The largest absolute Gasteiger partial charge is 0.296 e. The smallest absolute Gasteiger partial charge is 0.0336 e. The fourth-order valence-corrected chi connectivity index (χ4v) is 1.82. The highest BCUT2D eigenvalue weighted by Crippen LogP contribution is 2.14. The molecule has 1 unspecified atom stereocenters. The third-order valence-electron chi connectivity index (χ3n) is 2.42. The molecule has 0 bridgehead atoms. The van der Waals surface area contributed by atoms with Crippen LogP contribution in [0.4, 0.5) is 0 Å². The van der Waals surface area contributed by atoms with Crippen LogP contribution in [0.1, 0.15) is 40.0 Å². The van der Waals surface area contributed by atoms with Crippen LogP contribution in [0.15, 0.2) is 24.8 Å². The van der Waals surface area contributed by atoms with Crippen LogP contribution in [-0.2, 0) is 0 Å². The summed E-state index contributed by atoms with van der Waals surface area (Å²) in [6, 6.07) is 0.493. The van der Waals surface area contributed by atoms with Gasteiger partial charge in [0.1, 0.15) is 0 Å². The van der Waals surface area contributed by atoms with Crippen molar-refractivity contribution >= 4 is 0 Å². The summed E-state index contributed by atoms with van der Waals surface area (Å²) in [5.74, 6) is 0. The molecule has 0 aromatic rings. The summed E-state index contributed by atoms with van der Waals surface area (Å²) in [4.78, 5) is 2.52. The van der Waals surface area contributed by atoms with Gasteiger partial charge in [-0.3, -0.25) is 4.90 Å². The average molecular weight is 195 g/mol. The van der Waals surface area contributed by atoms with E-state index in [0.29, 0.717) is 6.04 Å². The molecule has 0 heterocycles. The third kappa shape index (κ3) is 4.61. The van der Waals surface area contributed by atoms with Gasteiger partial charge in [0.05, 0.1) is 0 Å². The SMILES string of the molecule is C=CCC(C(=C)C)N(CCC)CCC. The molecule has 0 spiro atoms. The van der Waals surface area contributed by atoms with E-state index in [-0.39, 0.29) is 0 Å². The molecule has 0 aliphatic carbocycles. The van der Waals surface area contributed by atoms with Gasteiger partial charge < -0.3 is 0 Å². The highest BCUT2D eigenvalue weighted by molar-refractivity contribution is 5.04. The Balaban J connectivity index is 4.36. The molecule has 0 fully saturated rings. The van der Waals surface area contributed by atoms with E-state index in [1.54, 1.807) is 0 Å². The number of hydrogen-bond acceptors (Lipinski definition) is 1. The van der Waals surface area contributed by atoms with Gasteiger partial charge in [-0.25, -0.2) is 0 Å². The zero-order chi connectivity index (χ0) is 11.0. The maximum absolute atomic E-state index is 4.07. The minimum absolute atomic E-state index is 0.493. The van der Waals surface area contributed by atoms with Crippen LogP contribution in [0.3, 0.4) is 0 Å². The van der Waals surface area contributed by atoms with Gasteiger partial charge in [-0.15, -0.1) is 6.58 Å². The van der Waals surface area contributed by atoms with E-state index in [2.05, 4.69) is 38.8 Å². The molecule has 0 aromatic heterocycles. The molecule has 1 nitrogen and oxygen atoms in total. The van der Waals surface area contributed by atoms with Gasteiger partial charge in [0.2, 0.25) is 0 Å². The van der Waals surface area contributed by atoms with Gasteiger partial charge in [-0.05, 0) is 39.3 Å². The van der Waals surface area contributed by atoms with E-state index in [1.165, 1.54) is 31.5 Å². The molecule has 0 radical (unpaired) electrons. The van der Waals surface area contributed by atoms with Crippen molar-refractivity contribution in [3.8, 4) is 0 Å². The Hall–Kier alpha value is -0.560. The van der Waals surface area contributed by atoms with Crippen molar-refractivity contribution in [2.24, 2.45) is 0 Å². The van der Waals surface area contributed by atoms with Gasteiger partial charge in [0.25, 0.3) is 0 Å². The lowest BCUT2D eigenvalue weighted by molar-refractivity contribution is 0.222. The van der Waals surface area contributed by atoms with E-state index in [1.807, 2.05) is 6.08 Å². The maximum Gasteiger partial charge on any atom is 0.0336 e. The number of hydrogen-bond donors (Lipinski definition) is 0. The average Bonchev–Trinajstić information content (AvgIpc) is 2.13. The highest BCUT2D eigenvalue weighted by Gasteiger charge is 2.15. The fraction of sp³-hybridized carbons (Fsp3) is 0.692. The zero-order valence-electron chi connectivity index (χ0n) is 10.1. The fourth-order valence-electron chi connectivity index (χ4n) is 1.82. The van der Waals surface area contributed by atoms with Crippen LogP contribution in [0, 0.1) is 0 Å². The van der Waals surface area contributed by atoms with E-state index in [9.17, 15) is 0 Å². The summed E-state index contributed by atoms with van der Waals surface area (Å²) in [5.41, 5.74) is 1.26. The predicted octanol–water partition coefficient (Wildman–Crippen LogP) is 3.63. The van der Waals surface area contributed by atoms with Gasteiger partial charge in [-0.1, -0.05) is 32.1 Å². The summed E-state index contributed by atoms with van der Waals surface area (Å²) in [6.07, 6.45) is 5.44. The predicted molar refractivity (Wildman–Crippen MR) is 65.6 cm³/mol. The second-order valence-electron chi connectivity index (χ2n) is 3.92. The first-order valence-corrected chi connectivity index (χ1v) is 5.67. The minimum atomic E-state index is 0.493. The second-order valence-corrected chi connectivity index (χ2v) is 3.92. The van der Waals surface area contributed by atoms with E-state index < -0.39 is 0 Å². The lowest BCUT2D eigenvalue weighted by atomic mass is 10.0. The molecule has 0 saturated carbocycles. The van der Waals surface area contributed by atoms with Gasteiger partial charge in [0.15, 0.2) is 0 Å². The standard InChI is InChI=1S/C13H25N/c1-6-9-13(12(4)5)14(10-7-2)11-8-3/h6,13H,1,4,7-11H2,2-3,5H3. The molecule has 0 saturated heterocycles. The normalized spacial score (nSPS) is 12.9. The van der Waals surface area contributed by atoms with Crippen molar-refractivity contribution in [3.05, 3.63) is 24.8 Å². The Labute approximate surface area is 89.5 Å². The van der Waals surface area contributed by atoms with Crippen LogP contribution < -0.4 is 0 Å². The molecule has 0 rings (SSSR count). The molecule has 14 heavy (non-hydrogen) atoms. The summed E-state index contributed by atoms with van der Waals surface area (Å²) < 4.78 is 0. The van der Waals surface area contributed by atoms with Crippen molar-refractivity contribution in [1.82, 2.24) is 4.90 Å². The minimum Gasteiger partial charge on any atom is -0.296 e. The summed E-state index contributed by atoms with van der Waals surface area (Å²) >= 11 is 0. The topological polar surface area (TPSA) is 3.24 Å². The van der Waals surface area contributed by atoms with Crippen LogP contribution in [0.25, 0.3) is 0 Å². The monoisotopic (exact) mass is 195 g/mol. The Morgan fingerprint density at radius 2 is 1.79 bits per heavy atom. The van der Waals surface area contributed by atoms with E-state index in [4.69, 9.17) is 0 Å². The van der Waals surface area contributed by atoms with E-state index >= 15 is 0 Å². The zero-order valence-corrected chi connectivity index (χ0v) is 10.1. The molecular formula is C13H25N. The molecule has 0 aliphatic heterocycles. The molecule has 1 atom stereocenters. The Kier molecular flexibility index (Phi) is 7.50. The third-order valence-corrected chi connectivity index (χ3v) is 2.42. The Bertz CT molecular complexity index is 166. The highest BCUT2D eigenvalue weighted by atomic mass is 15.1. The van der Waals surface area contributed by atoms with Gasteiger partial charge in [0, 0.05) is 6.04 Å². The first-order valence-electron chi connectivity index (χ1n) is 5.67. The first-order chi connectivity index (χ1) is 6.67. The van der Waals surface area contributed by atoms with Crippen molar-refractivity contribution < 1.29 is 0 Å².